The Morgan fingerprint density at radius 2 is 1.84 bits per heavy atom. The van der Waals surface area contributed by atoms with Crippen molar-refractivity contribution in [2.45, 2.75) is 13.1 Å². The zero-order valence-corrected chi connectivity index (χ0v) is 16.9. The van der Waals surface area contributed by atoms with Gasteiger partial charge in [-0.25, -0.2) is 0 Å². The molecule has 0 bridgehead atoms. The SMILES string of the molecule is O=C(Nc1ccn(Cc2ccccc2Cl)n1)c1ccc(Cn2cc([N+](=O)[O-])cn2)cc1. The molecule has 0 saturated carbocycles. The smallest absolute Gasteiger partial charge is 0.305 e. The minimum absolute atomic E-state index is 0.0648. The second-order valence-corrected chi connectivity index (χ2v) is 7.20. The second-order valence-electron chi connectivity index (χ2n) is 6.79. The van der Waals surface area contributed by atoms with Crippen molar-refractivity contribution in [1.29, 1.82) is 0 Å². The fourth-order valence-electron chi connectivity index (χ4n) is 2.99. The van der Waals surface area contributed by atoms with Gasteiger partial charge in [0.15, 0.2) is 5.82 Å². The predicted molar refractivity (Wildman–Crippen MR) is 115 cm³/mol. The molecule has 9 nitrogen and oxygen atoms in total. The highest BCUT2D eigenvalue weighted by molar-refractivity contribution is 6.31. The van der Waals surface area contributed by atoms with Crippen LogP contribution in [-0.4, -0.2) is 30.4 Å². The van der Waals surface area contributed by atoms with E-state index >= 15 is 0 Å². The summed E-state index contributed by atoms with van der Waals surface area (Å²) in [6.45, 7) is 0.859. The van der Waals surface area contributed by atoms with Gasteiger partial charge in [-0.15, -0.1) is 0 Å². The monoisotopic (exact) mass is 436 g/mol. The Kier molecular flexibility index (Phi) is 5.76. The van der Waals surface area contributed by atoms with Crippen LogP contribution in [0.4, 0.5) is 11.5 Å². The number of aromatic nitrogens is 4. The quantitative estimate of drug-likeness (QED) is 0.348. The van der Waals surface area contributed by atoms with Crippen LogP contribution >= 0.6 is 11.6 Å². The maximum absolute atomic E-state index is 12.5. The lowest BCUT2D eigenvalue weighted by atomic mass is 10.1. The molecule has 2 aromatic carbocycles. The first kappa shape index (κ1) is 20.3. The lowest BCUT2D eigenvalue weighted by Gasteiger charge is -2.06. The summed E-state index contributed by atoms with van der Waals surface area (Å²) in [5.74, 6) is 0.147. The first-order valence-corrected chi connectivity index (χ1v) is 9.70. The van der Waals surface area contributed by atoms with Gasteiger partial charge in [-0.05, 0) is 29.3 Å². The molecule has 0 aliphatic heterocycles. The van der Waals surface area contributed by atoms with Gasteiger partial charge in [-0.1, -0.05) is 41.9 Å². The molecular weight excluding hydrogens is 420 g/mol. The topological polar surface area (TPSA) is 108 Å². The zero-order chi connectivity index (χ0) is 21.8. The first-order valence-electron chi connectivity index (χ1n) is 9.32. The van der Waals surface area contributed by atoms with Crippen LogP contribution in [0.2, 0.25) is 5.02 Å². The van der Waals surface area contributed by atoms with E-state index in [9.17, 15) is 14.9 Å². The number of hydrogen-bond acceptors (Lipinski definition) is 5. The van der Waals surface area contributed by atoms with Crippen molar-refractivity contribution in [2.75, 3.05) is 5.32 Å². The van der Waals surface area contributed by atoms with Gasteiger partial charge >= 0.3 is 5.69 Å². The molecule has 0 spiro atoms. The number of anilines is 1. The number of nitrogens with zero attached hydrogens (tertiary/aromatic N) is 5. The average molecular weight is 437 g/mol. The fraction of sp³-hybridized carbons (Fsp3) is 0.0952. The van der Waals surface area contributed by atoms with E-state index in [1.807, 2.05) is 24.3 Å². The first-order chi connectivity index (χ1) is 15.0. The maximum Gasteiger partial charge on any atom is 0.307 e. The van der Waals surface area contributed by atoms with E-state index in [1.54, 1.807) is 41.2 Å². The number of carbonyl (C=O) groups is 1. The number of amides is 1. The summed E-state index contributed by atoms with van der Waals surface area (Å²) in [6, 6.07) is 16.2. The van der Waals surface area contributed by atoms with Crippen LogP contribution in [0.25, 0.3) is 0 Å². The molecule has 31 heavy (non-hydrogen) atoms. The predicted octanol–water partition coefficient (Wildman–Crippen LogP) is 3.99. The molecule has 1 amide bonds. The number of hydrogen-bond donors (Lipinski definition) is 1. The maximum atomic E-state index is 12.5. The van der Waals surface area contributed by atoms with Gasteiger partial charge < -0.3 is 5.32 Å². The lowest BCUT2D eigenvalue weighted by molar-refractivity contribution is -0.385. The Labute approximate surface area is 182 Å². The Balaban J connectivity index is 1.37. The van der Waals surface area contributed by atoms with Crippen molar-refractivity contribution >= 4 is 29.0 Å². The van der Waals surface area contributed by atoms with Crippen LogP contribution in [0, 0.1) is 10.1 Å². The third-order valence-electron chi connectivity index (χ3n) is 4.56. The molecule has 0 aliphatic carbocycles. The van der Waals surface area contributed by atoms with E-state index < -0.39 is 4.92 Å². The second kappa shape index (κ2) is 8.80. The highest BCUT2D eigenvalue weighted by Gasteiger charge is 2.11. The van der Waals surface area contributed by atoms with Crippen LogP contribution < -0.4 is 5.32 Å². The molecule has 2 aromatic heterocycles. The van der Waals surface area contributed by atoms with Gasteiger partial charge in [0.25, 0.3) is 5.91 Å². The van der Waals surface area contributed by atoms with Crippen LogP contribution in [0.15, 0.2) is 73.2 Å². The molecule has 0 radical (unpaired) electrons. The fourth-order valence-corrected chi connectivity index (χ4v) is 3.18. The molecular formula is C21H17ClN6O3. The van der Waals surface area contributed by atoms with Crippen molar-refractivity contribution < 1.29 is 9.72 Å². The van der Waals surface area contributed by atoms with Crippen molar-refractivity contribution in [3.8, 4) is 0 Å². The number of halogens is 1. The summed E-state index contributed by atoms with van der Waals surface area (Å²) in [5.41, 5.74) is 2.20. The van der Waals surface area contributed by atoms with E-state index in [0.717, 1.165) is 11.1 Å². The van der Waals surface area contributed by atoms with E-state index in [2.05, 4.69) is 15.5 Å². The number of benzene rings is 2. The standard InChI is InChI=1S/C21H17ClN6O3/c22-19-4-2-1-3-17(19)13-26-10-9-20(25-26)24-21(29)16-7-5-15(6-8-16)12-27-14-18(11-23-27)28(30)31/h1-11,14H,12-13H2,(H,24,25,29). The van der Waals surface area contributed by atoms with Crippen LogP contribution in [-0.2, 0) is 13.1 Å². The normalized spacial score (nSPS) is 10.7. The summed E-state index contributed by atoms with van der Waals surface area (Å²) in [5, 5.41) is 22.5. The third kappa shape index (κ3) is 4.96. The van der Waals surface area contributed by atoms with Gasteiger partial charge in [-0.2, -0.15) is 10.2 Å². The lowest BCUT2D eigenvalue weighted by Crippen LogP contribution is -2.13. The summed E-state index contributed by atoms with van der Waals surface area (Å²) in [6.07, 6.45) is 4.33. The van der Waals surface area contributed by atoms with Gasteiger partial charge in [0.05, 0.1) is 18.0 Å². The Morgan fingerprint density at radius 3 is 2.55 bits per heavy atom. The molecule has 1 N–H and O–H groups in total. The Bertz CT molecular complexity index is 1230. The Morgan fingerprint density at radius 1 is 1.06 bits per heavy atom. The van der Waals surface area contributed by atoms with Gasteiger partial charge in [0.1, 0.15) is 12.4 Å². The number of rotatable bonds is 7. The average Bonchev–Trinajstić information content (AvgIpc) is 3.40. The molecule has 0 aliphatic rings. The minimum Gasteiger partial charge on any atom is -0.305 e. The summed E-state index contributed by atoms with van der Waals surface area (Å²) in [4.78, 5) is 22.8. The van der Waals surface area contributed by atoms with Crippen LogP contribution in [0.5, 0.6) is 0 Å². The highest BCUT2D eigenvalue weighted by atomic mass is 35.5. The molecule has 0 unspecified atom stereocenters. The summed E-state index contributed by atoms with van der Waals surface area (Å²) < 4.78 is 3.17. The summed E-state index contributed by atoms with van der Waals surface area (Å²) >= 11 is 6.18. The van der Waals surface area contributed by atoms with Crippen LogP contribution in [0.3, 0.4) is 0 Å². The minimum atomic E-state index is -0.493. The van der Waals surface area contributed by atoms with Crippen molar-refractivity contribution in [1.82, 2.24) is 19.6 Å². The van der Waals surface area contributed by atoms with E-state index in [0.29, 0.717) is 29.5 Å². The van der Waals surface area contributed by atoms with Crippen molar-refractivity contribution in [2.24, 2.45) is 0 Å². The van der Waals surface area contributed by atoms with Crippen LogP contribution in [0.1, 0.15) is 21.5 Å². The number of nitrogens with one attached hydrogen (secondary N) is 1. The molecule has 0 atom stereocenters. The van der Waals surface area contributed by atoms with E-state index in [-0.39, 0.29) is 11.6 Å². The number of carbonyl (C=O) groups excluding carboxylic acids is 1. The highest BCUT2D eigenvalue weighted by Crippen LogP contribution is 2.17. The van der Waals surface area contributed by atoms with Gasteiger partial charge in [0.2, 0.25) is 0 Å². The van der Waals surface area contributed by atoms with Gasteiger partial charge in [-0.3, -0.25) is 24.3 Å². The van der Waals surface area contributed by atoms with E-state index in [1.165, 1.54) is 17.1 Å². The molecule has 4 rings (SSSR count). The molecule has 0 saturated heterocycles. The molecule has 4 aromatic rings. The summed E-state index contributed by atoms with van der Waals surface area (Å²) in [7, 11) is 0. The zero-order valence-electron chi connectivity index (χ0n) is 16.2. The van der Waals surface area contributed by atoms with Crippen molar-refractivity contribution in [3.63, 3.8) is 0 Å². The molecule has 10 heteroatoms. The molecule has 0 fully saturated rings. The largest absolute Gasteiger partial charge is 0.307 e. The van der Waals surface area contributed by atoms with Crippen molar-refractivity contribution in [3.05, 3.63) is 105 Å². The third-order valence-corrected chi connectivity index (χ3v) is 4.93. The number of nitro groups is 1. The Hall–Kier alpha value is -3.98. The molecule has 2 heterocycles. The van der Waals surface area contributed by atoms with E-state index in [4.69, 9.17) is 11.6 Å². The van der Waals surface area contributed by atoms with Gasteiger partial charge in [0, 0.05) is 22.8 Å². The molecule has 156 valence electrons.